The summed E-state index contributed by atoms with van der Waals surface area (Å²) in [5, 5.41) is 20.3. The molecule has 124 valence electrons. The number of nitrogens with one attached hydrogen (secondary N) is 1. The van der Waals surface area contributed by atoms with Gasteiger partial charge >= 0.3 is 0 Å². The van der Waals surface area contributed by atoms with Gasteiger partial charge in [0.2, 0.25) is 0 Å². The lowest BCUT2D eigenvalue weighted by Gasteiger charge is -2.15. The van der Waals surface area contributed by atoms with E-state index in [1.165, 1.54) is 25.3 Å². The van der Waals surface area contributed by atoms with Crippen molar-refractivity contribution in [3.8, 4) is 11.5 Å². The quantitative estimate of drug-likeness (QED) is 0.793. The molecule has 0 fully saturated rings. The molecule has 0 spiro atoms. The zero-order chi connectivity index (χ0) is 16.8. The smallest absolute Gasteiger partial charge is 0.252 e. The number of benzene rings is 1. The maximum atomic E-state index is 12.3. The molecule has 0 aliphatic heterocycles. The number of nitrogens with zero attached hydrogens (tertiary/aromatic N) is 3. The van der Waals surface area contributed by atoms with E-state index in [0.29, 0.717) is 24.5 Å². The third-order valence-electron chi connectivity index (χ3n) is 3.36. The van der Waals surface area contributed by atoms with Gasteiger partial charge in [-0.05, 0) is 25.1 Å². The number of rotatable bonds is 7. The van der Waals surface area contributed by atoms with E-state index >= 15 is 0 Å². The number of amides is 1. The van der Waals surface area contributed by atoms with Gasteiger partial charge in [-0.2, -0.15) is 0 Å². The van der Waals surface area contributed by atoms with Gasteiger partial charge in [0.15, 0.2) is 17.3 Å². The highest BCUT2D eigenvalue weighted by Gasteiger charge is 2.17. The van der Waals surface area contributed by atoms with Crippen molar-refractivity contribution in [2.24, 2.45) is 0 Å². The Bertz CT molecular complexity index is 671. The molecule has 2 aromatic rings. The summed E-state index contributed by atoms with van der Waals surface area (Å²) in [6, 6.07) is 4.09. The average Bonchev–Trinajstić information content (AvgIpc) is 3.01. The molecule has 0 unspecified atom stereocenters. The van der Waals surface area contributed by atoms with Crippen molar-refractivity contribution in [1.29, 1.82) is 0 Å². The minimum atomic E-state index is -0.332. The van der Waals surface area contributed by atoms with Crippen LogP contribution in [0.25, 0.3) is 0 Å². The van der Waals surface area contributed by atoms with Crippen LogP contribution in [-0.2, 0) is 11.3 Å². The molecule has 1 aromatic heterocycles. The normalized spacial score (nSPS) is 12.0. The fourth-order valence-electron chi connectivity index (χ4n) is 2.12. The van der Waals surface area contributed by atoms with E-state index < -0.39 is 0 Å². The second-order valence-corrected chi connectivity index (χ2v) is 4.96. The summed E-state index contributed by atoms with van der Waals surface area (Å²) >= 11 is 0. The molecule has 0 saturated heterocycles. The number of hydrogen-bond acceptors (Lipinski definition) is 6. The topological polar surface area (TPSA) is 98.5 Å². The van der Waals surface area contributed by atoms with E-state index in [4.69, 9.17) is 9.47 Å². The van der Waals surface area contributed by atoms with E-state index in [1.54, 1.807) is 13.4 Å². The van der Waals surface area contributed by atoms with Gasteiger partial charge < -0.3 is 24.5 Å². The number of hydrogen-bond donors (Lipinski definition) is 2. The predicted molar refractivity (Wildman–Crippen MR) is 82.4 cm³/mol. The highest BCUT2D eigenvalue weighted by Crippen LogP contribution is 2.26. The average molecular weight is 320 g/mol. The van der Waals surface area contributed by atoms with Gasteiger partial charge in [0.1, 0.15) is 6.33 Å². The summed E-state index contributed by atoms with van der Waals surface area (Å²) in [4.78, 5) is 12.3. The third kappa shape index (κ3) is 3.98. The minimum Gasteiger partial charge on any atom is -0.504 e. The van der Waals surface area contributed by atoms with Crippen LogP contribution < -0.4 is 10.1 Å². The molecule has 8 nitrogen and oxygen atoms in total. The van der Waals surface area contributed by atoms with Crippen molar-refractivity contribution < 1.29 is 19.4 Å². The Morgan fingerprint density at radius 1 is 1.43 bits per heavy atom. The van der Waals surface area contributed by atoms with Gasteiger partial charge in [0, 0.05) is 19.2 Å². The Morgan fingerprint density at radius 2 is 2.22 bits per heavy atom. The van der Waals surface area contributed by atoms with Gasteiger partial charge in [-0.25, -0.2) is 0 Å². The Kier molecular flexibility index (Phi) is 5.53. The lowest BCUT2D eigenvalue weighted by Crippen LogP contribution is -2.29. The van der Waals surface area contributed by atoms with Gasteiger partial charge in [0.25, 0.3) is 5.91 Å². The Hall–Kier alpha value is -2.61. The Morgan fingerprint density at radius 3 is 2.91 bits per heavy atom. The number of aromatic nitrogens is 3. The maximum Gasteiger partial charge on any atom is 0.252 e. The van der Waals surface area contributed by atoms with E-state index in [2.05, 4.69) is 15.5 Å². The number of phenols is 1. The summed E-state index contributed by atoms with van der Waals surface area (Å²) in [5.41, 5.74) is 0.384. The molecule has 1 aromatic carbocycles. The molecule has 2 rings (SSSR count). The Balaban J connectivity index is 2.09. The second-order valence-electron chi connectivity index (χ2n) is 4.96. The predicted octanol–water partition coefficient (Wildman–Crippen LogP) is 1.13. The highest BCUT2D eigenvalue weighted by molar-refractivity contribution is 5.95. The highest BCUT2D eigenvalue weighted by atomic mass is 16.5. The van der Waals surface area contributed by atoms with Crippen LogP contribution in [0.4, 0.5) is 0 Å². The standard InChI is InChI=1S/C15H20N4O4/c1-10(14-18-16-9-19(14)6-7-22-2)17-15(21)11-4-5-12(20)13(8-11)23-3/h4-5,8-10,20H,6-7H2,1-3H3,(H,17,21)/t10-/m1/s1. The number of carbonyl (C=O) groups excluding carboxylic acids is 1. The zero-order valence-corrected chi connectivity index (χ0v) is 13.3. The molecular formula is C15H20N4O4. The molecule has 1 heterocycles. The van der Waals surface area contributed by atoms with E-state index in [0.717, 1.165) is 0 Å². The minimum absolute atomic E-state index is 0.0172. The molecular weight excluding hydrogens is 300 g/mol. The zero-order valence-electron chi connectivity index (χ0n) is 13.3. The number of aromatic hydroxyl groups is 1. The molecule has 0 bridgehead atoms. The van der Waals surface area contributed by atoms with Crippen molar-refractivity contribution in [1.82, 2.24) is 20.1 Å². The first-order valence-corrected chi connectivity index (χ1v) is 7.11. The summed E-state index contributed by atoms with van der Waals surface area (Å²) in [6.45, 7) is 2.95. The molecule has 1 atom stereocenters. The Labute approximate surface area is 134 Å². The van der Waals surface area contributed by atoms with Crippen molar-refractivity contribution in [2.45, 2.75) is 19.5 Å². The van der Waals surface area contributed by atoms with Crippen LogP contribution in [0.3, 0.4) is 0 Å². The van der Waals surface area contributed by atoms with Gasteiger partial charge in [-0.3, -0.25) is 4.79 Å². The molecule has 0 aliphatic rings. The van der Waals surface area contributed by atoms with Gasteiger partial charge in [-0.15, -0.1) is 10.2 Å². The van der Waals surface area contributed by atoms with Crippen LogP contribution in [0.15, 0.2) is 24.5 Å². The molecule has 0 radical (unpaired) electrons. The van der Waals surface area contributed by atoms with Gasteiger partial charge in [0.05, 0.1) is 19.8 Å². The summed E-state index contributed by atoms with van der Waals surface area (Å²) in [6.07, 6.45) is 1.60. The fraction of sp³-hybridized carbons (Fsp3) is 0.400. The largest absolute Gasteiger partial charge is 0.504 e. The van der Waals surface area contributed by atoms with E-state index in [1.807, 2.05) is 11.5 Å². The second kappa shape index (κ2) is 7.59. The van der Waals surface area contributed by atoms with Crippen molar-refractivity contribution in [3.63, 3.8) is 0 Å². The van der Waals surface area contributed by atoms with Crippen LogP contribution in [0.5, 0.6) is 11.5 Å². The summed E-state index contributed by atoms with van der Waals surface area (Å²) in [5.74, 6) is 0.572. The molecule has 0 saturated carbocycles. The van der Waals surface area contributed by atoms with E-state index in [-0.39, 0.29) is 23.4 Å². The molecule has 23 heavy (non-hydrogen) atoms. The number of ether oxygens (including phenoxy) is 2. The summed E-state index contributed by atoms with van der Waals surface area (Å²) < 4.78 is 11.9. The SMILES string of the molecule is COCCn1cnnc1[C@@H](C)NC(=O)c1ccc(O)c(OC)c1. The van der Waals surface area contributed by atoms with Crippen molar-refractivity contribution in [3.05, 3.63) is 35.9 Å². The lowest BCUT2D eigenvalue weighted by atomic mass is 10.1. The van der Waals surface area contributed by atoms with Crippen LogP contribution in [0.1, 0.15) is 29.1 Å². The van der Waals surface area contributed by atoms with Crippen LogP contribution in [0, 0.1) is 0 Å². The number of carbonyl (C=O) groups is 1. The monoisotopic (exact) mass is 320 g/mol. The molecule has 8 heteroatoms. The van der Waals surface area contributed by atoms with E-state index in [9.17, 15) is 9.90 Å². The van der Waals surface area contributed by atoms with Crippen LogP contribution >= 0.6 is 0 Å². The first-order valence-electron chi connectivity index (χ1n) is 7.11. The first-order chi connectivity index (χ1) is 11.1. The summed E-state index contributed by atoms with van der Waals surface area (Å²) in [7, 11) is 3.05. The molecule has 0 aliphatic carbocycles. The molecule has 1 amide bonds. The fourth-order valence-corrected chi connectivity index (χ4v) is 2.12. The van der Waals surface area contributed by atoms with Gasteiger partial charge in [-0.1, -0.05) is 0 Å². The lowest BCUT2D eigenvalue weighted by molar-refractivity contribution is 0.0937. The van der Waals surface area contributed by atoms with Crippen molar-refractivity contribution >= 4 is 5.91 Å². The van der Waals surface area contributed by atoms with Crippen molar-refractivity contribution in [2.75, 3.05) is 20.8 Å². The van der Waals surface area contributed by atoms with Crippen LogP contribution in [0.2, 0.25) is 0 Å². The first kappa shape index (κ1) is 16.8. The van der Waals surface area contributed by atoms with Crippen LogP contribution in [-0.4, -0.2) is 46.6 Å². The maximum absolute atomic E-state index is 12.3. The molecule has 2 N–H and O–H groups in total. The third-order valence-corrected chi connectivity index (χ3v) is 3.36. The number of phenolic OH excluding ortho intramolecular Hbond substituents is 1. The number of methoxy groups -OCH3 is 2.